The molecule has 1 aromatic rings. The molecule has 1 aromatic heterocycles. The molecule has 1 aliphatic carbocycles. The number of urea groups is 1. The molecule has 1 fully saturated rings. The van der Waals surface area contributed by atoms with Gasteiger partial charge in [-0.25, -0.2) is 4.79 Å². The zero-order chi connectivity index (χ0) is 11.9. The molecule has 5 heteroatoms. The average Bonchev–Trinajstić information content (AvgIpc) is 2.39. The van der Waals surface area contributed by atoms with E-state index in [1.165, 1.54) is 19.3 Å². The Labute approximate surface area is 101 Å². The molecule has 0 spiro atoms. The van der Waals surface area contributed by atoms with Gasteiger partial charge in [0, 0.05) is 18.4 Å². The van der Waals surface area contributed by atoms with Crippen molar-refractivity contribution in [1.29, 1.82) is 0 Å². The summed E-state index contributed by atoms with van der Waals surface area (Å²) in [6.07, 6.45) is 10.8. The van der Waals surface area contributed by atoms with E-state index in [1.807, 2.05) is 0 Å². The third-order valence-electron chi connectivity index (χ3n) is 2.99. The van der Waals surface area contributed by atoms with E-state index in [-0.39, 0.29) is 6.03 Å². The van der Waals surface area contributed by atoms with Crippen LogP contribution in [0.5, 0.6) is 0 Å². The first-order valence-electron chi connectivity index (χ1n) is 6.14. The topological polar surface area (TPSA) is 66.9 Å². The van der Waals surface area contributed by atoms with Gasteiger partial charge in [0.1, 0.15) is 0 Å². The first-order chi connectivity index (χ1) is 8.34. The molecule has 0 aromatic carbocycles. The minimum Gasteiger partial charge on any atom is -0.335 e. The third kappa shape index (κ3) is 4.01. The Kier molecular flexibility index (Phi) is 4.30. The highest BCUT2D eigenvalue weighted by Gasteiger charge is 2.15. The maximum absolute atomic E-state index is 11.6. The maximum atomic E-state index is 11.6. The standard InChI is InChI=1S/C12H18N4O/c17-12(16-10-4-2-1-3-5-10)15-9-11-8-13-6-7-14-11/h6-8,10H,1-5,9H2,(H2,15,16,17). The molecule has 0 atom stereocenters. The van der Waals surface area contributed by atoms with Gasteiger partial charge in [0.15, 0.2) is 0 Å². The molecule has 2 rings (SSSR count). The first-order valence-corrected chi connectivity index (χ1v) is 6.14. The molecular weight excluding hydrogens is 216 g/mol. The van der Waals surface area contributed by atoms with E-state index in [1.54, 1.807) is 18.6 Å². The van der Waals surface area contributed by atoms with Gasteiger partial charge in [0.2, 0.25) is 0 Å². The van der Waals surface area contributed by atoms with Crippen molar-refractivity contribution in [3.63, 3.8) is 0 Å². The van der Waals surface area contributed by atoms with E-state index in [2.05, 4.69) is 20.6 Å². The summed E-state index contributed by atoms with van der Waals surface area (Å²) in [7, 11) is 0. The number of hydrogen-bond acceptors (Lipinski definition) is 3. The van der Waals surface area contributed by atoms with Gasteiger partial charge in [-0.05, 0) is 12.8 Å². The van der Waals surface area contributed by atoms with Crippen LogP contribution in [-0.2, 0) is 6.54 Å². The van der Waals surface area contributed by atoms with Crippen LogP contribution in [0, 0.1) is 0 Å². The zero-order valence-corrected chi connectivity index (χ0v) is 9.85. The van der Waals surface area contributed by atoms with Gasteiger partial charge in [0.25, 0.3) is 0 Å². The Morgan fingerprint density at radius 1 is 1.29 bits per heavy atom. The number of nitrogens with one attached hydrogen (secondary N) is 2. The van der Waals surface area contributed by atoms with Gasteiger partial charge in [-0.15, -0.1) is 0 Å². The van der Waals surface area contributed by atoms with Gasteiger partial charge < -0.3 is 10.6 Å². The molecular formula is C12H18N4O. The minimum atomic E-state index is -0.109. The Bertz CT molecular complexity index is 349. The fourth-order valence-corrected chi connectivity index (χ4v) is 2.08. The first kappa shape index (κ1) is 11.8. The smallest absolute Gasteiger partial charge is 0.315 e. The number of amides is 2. The van der Waals surface area contributed by atoms with E-state index in [0.29, 0.717) is 12.6 Å². The van der Waals surface area contributed by atoms with Gasteiger partial charge in [-0.1, -0.05) is 19.3 Å². The summed E-state index contributed by atoms with van der Waals surface area (Å²) in [6.45, 7) is 0.423. The van der Waals surface area contributed by atoms with E-state index < -0.39 is 0 Å². The highest BCUT2D eigenvalue weighted by Crippen LogP contribution is 2.17. The zero-order valence-electron chi connectivity index (χ0n) is 9.85. The quantitative estimate of drug-likeness (QED) is 0.835. The summed E-state index contributed by atoms with van der Waals surface area (Å²) in [5.74, 6) is 0. The molecule has 2 N–H and O–H groups in total. The molecule has 5 nitrogen and oxygen atoms in total. The van der Waals surface area contributed by atoms with Gasteiger partial charge in [-0.2, -0.15) is 0 Å². The highest BCUT2D eigenvalue weighted by atomic mass is 16.2. The van der Waals surface area contributed by atoms with Crippen molar-refractivity contribution in [1.82, 2.24) is 20.6 Å². The summed E-state index contributed by atoms with van der Waals surface area (Å²) in [6, 6.07) is 0.230. The number of nitrogens with zero attached hydrogens (tertiary/aromatic N) is 2. The summed E-state index contributed by atoms with van der Waals surface area (Å²) in [5.41, 5.74) is 0.770. The number of carbonyl (C=O) groups excluding carboxylic acids is 1. The van der Waals surface area contributed by atoms with Crippen molar-refractivity contribution in [2.75, 3.05) is 0 Å². The monoisotopic (exact) mass is 234 g/mol. The molecule has 0 saturated heterocycles. The lowest BCUT2D eigenvalue weighted by atomic mass is 9.96. The second kappa shape index (κ2) is 6.18. The fourth-order valence-electron chi connectivity index (χ4n) is 2.08. The Hall–Kier alpha value is -1.65. The largest absolute Gasteiger partial charge is 0.335 e. The number of carbonyl (C=O) groups is 1. The summed E-state index contributed by atoms with van der Waals surface area (Å²) in [5, 5.41) is 5.78. The maximum Gasteiger partial charge on any atom is 0.315 e. The number of aromatic nitrogens is 2. The normalized spacial score (nSPS) is 16.5. The van der Waals surface area contributed by atoms with Crippen LogP contribution in [0.15, 0.2) is 18.6 Å². The molecule has 1 heterocycles. The molecule has 0 radical (unpaired) electrons. The Morgan fingerprint density at radius 2 is 2.12 bits per heavy atom. The van der Waals surface area contributed by atoms with Gasteiger partial charge in [0.05, 0.1) is 18.4 Å². The van der Waals surface area contributed by atoms with Crippen LogP contribution in [-0.4, -0.2) is 22.0 Å². The van der Waals surface area contributed by atoms with Gasteiger partial charge >= 0.3 is 6.03 Å². The van der Waals surface area contributed by atoms with Crippen LogP contribution in [0.25, 0.3) is 0 Å². The third-order valence-corrected chi connectivity index (χ3v) is 2.99. The Morgan fingerprint density at radius 3 is 2.82 bits per heavy atom. The summed E-state index contributed by atoms with van der Waals surface area (Å²) >= 11 is 0. The second-order valence-corrected chi connectivity index (χ2v) is 4.36. The van der Waals surface area contributed by atoms with Crippen LogP contribution < -0.4 is 10.6 Å². The highest BCUT2D eigenvalue weighted by molar-refractivity contribution is 5.74. The lowest BCUT2D eigenvalue weighted by molar-refractivity contribution is 0.232. The van der Waals surface area contributed by atoms with E-state index in [9.17, 15) is 4.79 Å². The lowest BCUT2D eigenvalue weighted by Gasteiger charge is -2.22. The van der Waals surface area contributed by atoms with Crippen molar-refractivity contribution >= 4 is 6.03 Å². The molecule has 92 valence electrons. The van der Waals surface area contributed by atoms with Crippen LogP contribution in [0.1, 0.15) is 37.8 Å². The molecule has 0 bridgehead atoms. The van der Waals surface area contributed by atoms with Crippen LogP contribution >= 0.6 is 0 Å². The van der Waals surface area contributed by atoms with Crippen molar-refractivity contribution in [3.05, 3.63) is 24.3 Å². The lowest BCUT2D eigenvalue weighted by Crippen LogP contribution is -2.42. The predicted octanol–water partition coefficient (Wildman–Crippen LogP) is 1.61. The van der Waals surface area contributed by atoms with E-state index in [4.69, 9.17) is 0 Å². The molecule has 1 saturated carbocycles. The number of rotatable bonds is 3. The minimum absolute atomic E-state index is 0.109. The predicted molar refractivity (Wildman–Crippen MR) is 64.3 cm³/mol. The Balaban J connectivity index is 1.70. The van der Waals surface area contributed by atoms with E-state index >= 15 is 0 Å². The van der Waals surface area contributed by atoms with Crippen LogP contribution in [0.4, 0.5) is 4.79 Å². The van der Waals surface area contributed by atoms with E-state index in [0.717, 1.165) is 18.5 Å². The summed E-state index contributed by atoms with van der Waals surface area (Å²) in [4.78, 5) is 19.7. The van der Waals surface area contributed by atoms with Gasteiger partial charge in [-0.3, -0.25) is 9.97 Å². The van der Waals surface area contributed by atoms with Crippen molar-refractivity contribution in [2.24, 2.45) is 0 Å². The van der Waals surface area contributed by atoms with Crippen molar-refractivity contribution < 1.29 is 4.79 Å². The molecule has 0 aliphatic heterocycles. The average molecular weight is 234 g/mol. The summed E-state index contributed by atoms with van der Waals surface area (Å²) < 4.78 is 0. The molecule has 2 amide bonds. The van der Waals surface area contributed by atoms with Crippen molar-refractivity contribution in [3.8, 4) is 0 Å². The second-order valence-electron chi connectivity index (χ2n) is 4.36. The number of hydrogen-bond donors (Lipinski definition) is 2. The molecule has 0 unspecified atom stereocenters. The molecule has 1 aliphatic rings. The SMILES string of the molecule is O=C(NCc1cnccn1)NC1CCCCC1. The van der Waals surface area contributed by atoms with Crippen LogP contribution in [0.2, 0.25) is 0 Å². The fraction of sp³-hybridized carbons (Fsp3) is 0.583. The van der Waals surface area contributed by atoms with Crippen molar-refractivity contribution in [2.45, 2.75) is 44.7 Å². The molecule has 17 heavy (non-hydrogen) atoms. The van der Waals surface area contributed by atoms with Crippen LogP contribution in [0.3, 0.4) is 0 Å².